The number of rotatable bonds is 8. The molecule has 2 aliphatic rings. The molecule has 6 nitrogen and oxygen atoms in total. The molecule has 4 rings (SSSR count). The van der Waals surface area contributed by atoms with Crippen molar-refractivity contribution in [3.8, 4) is 11.5 Å². The molecule has 7 heteroatoms. The fourth-order valence-corrected chi connectivity index (χ4v) is 4.50. The summed E-state index contributed by atoms with van der Waals surface area (Å²) < 4.78 is 16.4. The van der Waals surface area contributed by atoms with E-state index in [0.29, 0.717) is 49.7 Å². The van der Waals surface area contributed by atoms with Crippen LogP contribution in [0, 0.1) is 0 Å². The Hall–Kier alpha value is -2.57. The van der Waals surface area contributed by atoms with E-state index in [1.165, 1.54) is 5.56 Å². The Balaban J connectivity index is 1.61. The number of carbonyl (C=O) groups is 2. The number of carbonyl (C=O) groups excluding carboxylic acids is 2. The third-order valence-electron chi connectivity index (χ3n) is 5.96. The number of nitrogens with zero attached hydrogens (tertiary/aromatic N) is 1. The van der Waals surface area contributed by atoms with Crippen LogP contribution < -0.4 is 14.4 Å². The van der Waals surface area contributed by atoms with Crippen LogP contribution in [0.5, 0.6) is 11.5 Å². The van der Waals surface area contributed by atoms with Gasteiger partial charge in [0.25, 0.3) is 0 Å². The number of amides is 1. The van der Waals surface area contributed by atoms with Gasteiger partial charge in [-0.2, -0.15) is 0 Å². The molecular formula is C24H26ClNO5. The fourth-order valence-electron chi connectivity index (χ4n) is 4.38. The van der Waals surface area contributed by atoms with Crippen LogP contribution >= 0.6 is 11.6 Å². The van der Waals surface area contributed by atoms with Crippen molar-refractivity contribution >= 4 is 29.0 Å². The molecular weight excluding hydrogens is 418 g/mol. The number of aryl methyl sites for hydroxylation is 1. The van der Waals surface area contributed by atoms with Crippen molar-refractivity contribution in [3.63, 3.8) is 0 Å². The fraction of sp³-hybridized carbons (Fsp3) is 0.417. The predicted molar refractivity (Wildman–Crippen MR) is 118 cm³/mol. The second-order valence-electron chi connectivity index (χ2n) is 7.81. The van der Waals surface area contributed by atoms with E-state index in [2.05, 4.69) is 12.1 Å². The van der Waals surface area contributed by atoms with Gasteiger partial charge in [0, 0.05) is 44.2 Å². The van der Waals surface area contributed by atoms with Gasteiger partial charge in [-0.3, -0.25) is 14.5 Å². The molecule has 1 amide bonds. The third-order valence-corrected chi connectivity index (χ3v) is 6.19. The molecule has 0 atom stereocenters. The molecule has 2 heterocycles. The monoisotopic (exact) mass is 443 g/mol. The molecule has 1 fully saturated rings. The van der Waals surface area contributed by atoms with Crippen LogP contribution in [0.2, 0.25) is 0 Å². The van der Waals surface area contributed by atoms with Crippen molar-refractivity contribution in [2.75, 3.05) is 30.8 Å². The maximum absolute atomic E-state index is 13.6. The molecule has 0 aromatic heterocycles. The number of halogens is 1. The second kappa shape index (κ2) is 9.71. The Morgan fingerprint density at radius 1 is 1.00 bits per heavy atom. The number of benzene rings is 2. The maximum atomic E-state index is 13.6. The minimum Gasteiger partial charge on any atom is -0.454 e. The summed E-state index contributed by atoms with van der Waals surface area (Å²) in [6, 6.07) is 15.4. The van der Waals surface area contributed by atoms with Gasteiger partial charge in [0.05, 0.1) is 0 Å². The zero-order valence-corrected chi connectivity index (χ0v) is 18.1. The zero-order valence-electron chi connectivity index (χ0n) is 17.3. The van der Waals surface area contributed by atoms with E-state index < -0.39 is 5.54 Å². The lowest BCUT2D eigenvalue weighted by atomic mass is 9.80. The van der Waals surface area contributed by atoms with Gasteiger partial charge >= 0.3 is 0 Å². The molecule has 1 saturated heterocycles. The largest absolute Gasteiger partial charge is 0.454 e. The molecule has 0 N–H and O–H groups in total. The lowest BCUT2D eigenvalue weighted by Crippen LogP contribution is -2.60. The first-order valence-electron chi connectivity index (χ1n) is 10.6. The van der Waals surface area contributed by atoms with Crippen molar-refractivity contribution in [1.82, 2.24) is 0 Å². The Labute approximate surface area is 187 Å². The Kier molecular flexibility index (Phi) is 6.78. The van der Waals surface area contributed by atoms with Crippen LogP contribution in [0.25, 0.3) is 0 Å². The molecule has 164 valence electrons. The van der Waals surface area contributed by atoms with E-state index in [-0.39, 0.29) is 24.4 Å². The lowest BCUT2D eigenvalue weighted by molar-refractivity contribution is -0.131. The van der Waals surface area contributed by atoms with Gasteiger partial charge in [0.15, 0.2) is 17.3 Å². The summed E-state index contributed by atoms with van der Waals surface area (Å²) in [5.41, 5.74) is 0.809. The van der Waals surface area contributed by atoms with E-state index in [0.717, 1.165) is 12.8 Å². The first-order valence-corrected chi connectivity index (χ1v) is 11.1. The smallest absolute Gasteiger partial charge is 0.242 e. The normalized spacial score (nSPS) is 16.7. The summed E-state index contributed by atoms with van der Waals surface area (Å²) in [5.74, 6) is 0.705. The van der Waals surface area contributed by atoms with Crippen molar-refractivity contribution in [2.24, 2.45) is 0 Å². The van der Waals surface area contributed by atoms with Crippen LogP contribution in [0.1, 0.15) is 31.2 Å². The number of Topliss-reactive ketones (excluding diaryl/α,β-unsaturated/α-hetero) is 1. The highest BCUT2D eigenvalue weighted by atomic mass is 35.5. The first kappa shape index (κ1) is 21.7. The molecule has 2 aliphatic heterocycles. The zero-order chi connectivity index (χ0) is 21.7. The van der Waals surface area contributed by atoms with E-state index >= 15 is 0 Å². The minimum absolute atomic E-state index is 0.0443. The summed E-state index contributed by atoms with van der Waals surface area (Å²) in [4.78, 5) is 28.3. The third kappa shape index (κ3) is 4.55. The van der Waals surface area contributed by atoms with Crippen LogP contribution in [0.4, 0.5) is 5.69 Å². The number of hydrogen-bond acceptors (Lipinski definition) is 5. The van der Waals surface area contributed by atoms with Crippen LogP contribution in [-0.2, 0) is 20.7 Å². The van der Waals surface area contributed by atoms with Gasteiger partial charge in [-0.25, -0.2) is 0 Å². The molecule has 0 radical (unpaired) electrons. The highest BCUT2D eigenvalue weighted by molar-refractivity contribution is 6.30. The number of hydrogen-bond donors (Lipinski definition) is 0. The molecule has 0 aliphatic carbocycles. The molecule has 2 aromatic carbocycles. The first-order chi connectivity index (χ1) is 15.1. The van der Waals surface area contributed by atoms with Crippen molar-refractivity contribution in [2.45, 2.75) is 37.6 Å². The molecule has 0 bridgehead atoms. The summed E-state index contributed by atoms with van der Waals surface area (Å²) >= 11 is 5.99. The lowest BCUT2D eigenvalue weighted by Gasteiger charge is -2.45. The Morgan fingerprint density at radius 2 is 1.74 bits per heavy atom. The van der Waals surface area contributed by atoms with Crippen LogP contribution in [-0.4, -0.2) is 43.1 Å². The van der Waals surface area contributed by atoms with Crippen LogP contribution in [0.15, 0.2) is 48.5 Å². The topological polar surface area (TPSA) is 65.1 Å². The molecule has 0 spiro atoms. The summed E-state index contributed by atoms with van der Waals surface area (Å²) in [6.07, 6.45) is 2.79. The number of ether oxygens (including phenoxy) is 3. The molecule has 0 unspecified atom stereocenters. The van der Waals surface area contributed by atoms with Crippen LogP contribution in [0.3, 0.4) is 0 Å². The highest BCUT2D eigenvalue weighted by Gasteiger charge is 2.47. The Bertz CT molecular complexity index is 927. The van der Waals surface area contributed by atoms with Crippen molar-refractivity contribution in [3.05, 3.63) is 54.1 Å². The molecule has 0 saturated carbocycles. The molecule has 31 heavy (non-hydrogen) atoms. The highest BCUT2D eigenvalue weighted by Crippen LogP contribution is 2.40. The summed E-state index contributed by atoms with van der Waals surface area (Å²) in [6.45, 7) is 0.974. The van der Waals surface area contributed by atoms with E-state index in [4.69, 9.17) is 25.8 Å². The minimum atomic E-state index is -0.978. The van der Waals surface area contributed by atoms with Crippen molar-refractivity contribution in [1.29, 1.82) is 0 Å². The van der Waals surface area contributed by atoms with Gasteiger partial charge in [-0.15, -0.1) is 11.6 Å². The van der Waals surface area contributed by atoms with E-state index in [9.17, 15) is 9.59 Å². The standard InChI is InChI=1S/C24H26ClNO5/c25-16-23(28)26(19-9-10-20-21(15-19)31-17-30-20)24(11-13-29-14-12-24)22(27)8-4-7-18-5-2-1-3-6-18/h1-3,5-6,9-10,15H,4,7-8,11-14,16-17H2. The predicted octanol–water partition coefficient (Wildman–Crippen LogP) is 4.13. The number of ketones is 1. The average Bonchev–Trinajstić information content (AvgIpc) is 3.28. The van der Waals surface area contributed by atoms with Gasteiger partial charge in [0.1, 0.15) is 11.4 Å². The number of anilines is 1. The second-order valence-corrected chi connectivity index (χ2v) is 8.07. The number of alkyl halides is 1. The van der Waals surface area contributed by atoms with Crippen molar-refractivity contribution < 1.29 is 23.8 Å². The maximum Gasteiger partial charge on any atom is 0.242 e. The Morgan fingerprint density at radius 3 is 2.48 bits per heavy atom. The van der Waals surface area contributed by atoms with Gasteiger partial charge in [-0.05, 0) is 30.5 Å². The van der Waals surface area contributed by atoms with E-state index in [1.807, 2.05) is 18.2 Å². The summed E-state index contributed by atoms with van der Waals surface area (Å²) in [5, 5.41) is 0. The van der Waals surface area contributed by atoms with E-state index in [1.54, 1.807) is 23.1 Å². The van der Waals surface area contributed by atoms with Gasteiger partial charge < -0.3 is 14.2 Å². The average molecular weight is 444 g/mol. The molecule has 2 aromatic rings. The van der Waals surface area contributed by atoms with Gasteiger partial charge in [-0.1, -0.05) is 30.3 Å². The SMILES string of the molecule is O=C(CCl)N(c1ccc2c(c1)OCO2)C1(C(=O)CCCc2ccccc2)CCOCC1. The number of fused-ring (bicyclic) bond motifs is 1. The summed E-state index contributed by atoms with van der Waals surface area (Å²) in [7, 11) is 0. The quantitative estimate of drug-likeness (QED) is 0.574. The van der Waals surface area contributed by atoms with Gasteiger partial charge in [0.2, 0.25) is 12.7 Å².